The van der Waals surface area contributed by atoms with Gasteiger partial charge in [-0.1, -0.05) is 0 Å². The van der Waals surface area contributed by atoms with Gasteiger partial charge in [0.05, 0.1) is 0 Å². The minimum atomic E-state index is -5.18. The number of carbonyl (C=O) groups excluding carboxylic acids is 1. The molecule has 0 aliphatic rings. The number of rotatable bonds is 4. The Bertz CT molecular complexity index is 172. The van der Waals surface area contributed by atoms with Gasteiger partial charge in [-0.05, 0) is 0 Å². The fourth-order valence-corrected chi connectivity index (χ4v) is 1.25. The van der Waals surface area contributed by atoms with Crippen LogP contribution in [0.4, 0.5) is 0 Å². The molecule has 0 aromatic rings. The first kappa shape index (κ1) is 10.7. The van der Waals surface area contributed by atoms with Gasteiger partial charge in [-0.25, -0.2) is 0 Å². The molecule has 6 heteroatoms. The van der Waals surface area contributed by atoms with Gasteiger partial charge in [0.2, 0.25) is 0 Å². The van der Waals surface area contributed by atoms with Crippen LogP contribution in [0.1, 0.15) is 26.2 Å². The Morgan fingerprint density at radius 3 is 2.45 bits per heavy atom. The van der Waals surface area contributed by atoms with E-state index in [0.717, 1.165) is 6.42 Å². The molecule has 0 fully saturated rings. The zero-order valence-corrected chi connectivity index (χ0v) is 8.06. The molecule has 2 N–H and O–H groups in total. The summed E-state index contributed by atoms with van der Waals surface area (Å²) in [5, 5.41) is 0. The van der Waals surface area contributed by atoms with Crippen LogP contribution in [0.15, 0.2) is 0 Å². The third-order valence-corrected chi connectivity index (χ3v) is 1.88. The first-order valence-electron chi connectivity index (χ1n) is 3.23. The molecule has 0 heterocycles. The summed E-state index contributed by atoms with van der Waals surface area (Å²) in [5.74, 6) is -0.820. The van der Waals surface area contributed by atoms with Crippen molar-refractivity contribution in [2.24, 2.45) is 0 Å². The Morgan fingerprint density at radius 1 is 1.55 bits per heavy atom. The number of carbonyl (C=O) groups is 1. The van der Waals surface area contributed by atoms with Crippen LogP contribution >= 0.6 is 0 Å². The molecule has 0 atom stereocenters. The molecule has 0 aromatic carbocycles. The van der Waals surface area contributed by atoms with Crippen molar-refractivity contribution < 1.29 is 20.5 Å². The second kappa shape index (κ2) is 4.59. The maximum absolute atomic E-state index is 10.5. The van der Waals surface area contributed by atoms with E-state index in [2.05, 4.69) is 3.73 Å². The molecule has 0 amide bonds. The summed E-state index contributed by atoms with van der Waals surface area (Å²) in [6.07, 6.45) is 1.46. The van der Waals surface area contributed by atoms with Crippen molar-refractivity contribution in [3.05, 3.63) is 0 Å². The summed E-state index contributed by atoms with van der Waals surface area (Å²) in [4.78, 5) is 10.5. The van der Waals surface area contributed by atoms with Crippen molar-refractivity contribution in [1.29, 1.82) is 0 Å². The van der Waals surface area contributed by atoms with Crippen LogP contribution in [0.3, 0.4) is 0 Å². The van der Waals surface area contributed by atoms with Crippen molar-refractivity contribution in [1.82, 2.24) is 0 Å². The third kappa shape index (κ3) is 7.65. The van der Waals surface area contributed by atoms with E-state index >= 15 is 0 Å². The van der Waals surface area contributed by atoms with Crippen LogP contribution in [-0.4, -0.2) is 28.7 Å². The van der Waals surface area contributed by atoms with Gasteiger partial charge in [0, 0.05) is 0 Å². The summed E-state index contributed by atoms with van der Waals surface area (Å²) < 4.78 is 30.4. The summed E-state index contributed by atoms with van der Waals surface area (Å²) >= 11 is -5.18. The Kier molecular flexibility index (Phi) is 4.49. The molecule has 0 spiro atoms. The summed E-state index contributed by atoms with van der Waals surface area (Å²) in [7, 11) is 0. The van der Waals surface area contributed by atoms with E-state index in [1.54, 1.807) is 0 Å². The van der Waals surface area contributed by atoms with Crippen molar-refractivity contribution in [2.45, 2.75) is 26.2 Å². The van der Waals surface area contributed by atoms with Gasteiger partial charge in [-0.15, -0.1) is 0 Å². The normalized spacial score (nSPS) is 11.2. The summed E-state index contributed by atoms with van der Waals surface area (Å²) in [6, 6.07) is 0. The molecule has 0 aliphatic carbocycles. The fraction of sp³-hybridized carbons (Fsp3) is 0.800. The molecule has 0 saturated heterocycles. The molecule has 0 unspecified atom stereocenters. The predicted octanol–water partition coefficient (Wildman–Crippen LogP) is -0.430. The Morgan fingerprint density at radius 2 is 2.09 bits per heavy atom. The topological polar surface area (TPSA) is 83.8 Å². The summed E-state index contributed by atoms with van der Waals surface area (Å²) in [6.45, 7) is 1.87. The molecule has 0 aliphatic heterocycles. The first-order chi connectivity index (χ1) is 4.95. The van der Waals surface area contributed by atoms with Gasteiger partial charge in [0.25, 0.3) is 0 Å². The maximum atomic E-state index is 10.5. The Labute approximate surface area is 67.7 Å². The monoisotopic (exact) mass is 226 g/mol. The fourth-order valence-electron chi connectivity index (χ4n) is 0.499. The van der Waals surface area contributed by atoms with E-state index in [1.165, 1.54) is 0 Å². The molecule has 0 radical (unpaired) electrons. The number of hydrogen-bond donors (Lipinski definition) is 2. The van der Waals surface area contributed by atoms with Gasteiger partial charge in [-0.2, -0.15) is 0 Å². The molecule has 66 valence electrons. The van der Waals surface area contributed by atoms with Crippen LogP contribution in [0.25, 0.3) is 0 Å². The van der Waals surface area contributed by atoms with Crippen molar-refractivity contribution in [2.75, 3.05) is 0 Å². The van der Waals surface area contributed by atoms with Crippen LogP contribution in [0.2, 0.25) is 0 Å². The molecule has 11 heavy (non-hydrogen) atoms. The van der Waals surface area contributed by atoms with Gasteiger partial charge >= 0.3 is 67.1 Å². The van der Waals surface area contributed by atoms with Gasteiger partial charge in [0.1, 0.15) is 0 Å². The summed E-state index contributed by atoms with van der Waals surface area (Å²) in [5.41, 5.74) is 0. The Hall–Kier alpha value is -0.252. The SMILES string of the molecule is CCCCC(=O)O[As](=O)(O)O. The van der Waals surface area contributed by atoms with Gasteiger partial charge < -0.3 is 0 Å². The van der Waals surface area contributed by atoms with Gasteiger partial charge in [0.15, 0.2) is 0 Å². The van der Waals surface area contributed by atoms with Crippen LogP contribution in [0, 0.1) is 0 Å². The zero-order valence-electron chi connectivity index (χ0n) is 6.19. The molecule has 0 rings (SSSR count). The van der Waals surface area contributed by atoms with Crippen molar-refractivity contribution in [3.8, 4) is 0 Å². The van der Waals surface area contributed by atoms with Crippen LogP contribution < -0.4 is 0 Å². The van der Waals surface area contributed by atoms with Crippen molar-refractivity contribution >= 4 is 20.5 Å². The molecular weight excluding hydrogens is 215 g/mol. The molecule has 5 nitrogen and oxygen atoms in total. The number of hydrogen-bond acceptors (Lipinski definition) is 3. The minimum absolute atomic E-state index is 0.0723. The second-order valence-corrected chi connectivity index (χ2v) is 4.50. The molecular formula is C5H11AsO5. The second-order valence-electron chi connectivity index (χ2n) is 2.06. The quantitative estimate of drug-likeness (QED) is 0.635. The van der Waals surface area contributed by atoms with Crippen molar-refractivity contribution in [3.63, 3.8) is 0 Å². The number of unbranched alkanes of at least 4 members (excludes halogenated alkanes) is 1. The first-order valence-corrected chi connectivity index (χ1v) is 6.44. The van der Waals surface area contributed by atoms with Crippen LogP contribution in [-0.2, 0) is 12.3 Å². The molecule has 0 aromatic heterocycles. The third-order valence-electron chi connectivity index (χ3n) is 0.955. The predicted molar refractivity (Wildman–Crippen MR) is 36.5 cm³/mol. The average Bonchev–Trinajstić information content (AvgIpc) is 1.79. The van der Waals surface area contributed by atoms with E-state index in [9.17, 15) is 8.53 Å². The van der Waals surface area contributed by atoms with Gasteiger partial charge in [-0.3, -0.25) is 0 Å². The van der Waals surface area contributed by atoms with E-state index in [0.29, 0.717) is 6.42 Å². The standard InChI is InChI=1S/C5H11AsO5/c1-2-3-4-5(7)11-6(8,9)10/h2-4H2,1H3,(H2,8,9,10). The Balaban J connectivity index is 3.62. The van der Waals surface area contributed by atoms with E-state index in [4.69, 9.17) is 8.19 Å². The average molecular weight is 226 g/mol. The van der Waals surface area contributed by atoms with E-state index in [1.807, 2.05) is 6.92 Å². The molecule has 0 saturated carbocycles. The zero-order chi connectivity index (χ0) is 8.91. The van der Waals surface area contributed by atoms with Crippen LogP contribution in [0.5, 0.6) is 0 Å². The van der Waals surface area contributed by atoms with E-state index < -0.39 is 20.5 Å². The molecule has 0 bridgehead atoms. The van der Waals surface area contributed by atoms with E-state index in [-0.39, 0.29) is 6.42 Å².